The number of carbonyl (C=O) groups is 1. The molecule has 1 N–H and O–H groups in total. The maximum absolute atomic E-state index is 11.7. The zero-order valence-electron chi connectivity index (χ0n) is 9.31. The number of aryl methyl sites for hydroxylation is 1. The average molecular weight is 285 g/mol. The van der Waals surface area contributed by atoms with Crippen LogP contribution in [0.2, 0.25) is 10.0 Å². The van der Waals surface area contributed by atoms with E-state index in [1.165, 1.54) is 6.33 Å². The molecule has 1 aromatic carbocycles. The van der Waals surface area contributed by atoms with Crippen molar-refractivity contribution in [3.8, 4) is 0 Å². The van der Waals surface area contributed by atoms with Crippen molar-refractivity contribution in [3.63, 3.8) is 0 Å². The number of aromatic nitrogens is 3. The minimum absolute atomic E-state index is 0.121. The number of hydrogen-bond acceptors (Lipinski definition) is 3. The van der Waals surface area contributed by atoms with Gasteiger partial charge in [0.15, 0.2) is 0 Å². The van der Waals surface area contributed by atoms with Gasteiger partial charge in [0.05, 0.1) is 16.6 Å². The molecule has 7 heteroatoms. The average Bonchev–Trinajstić information content (AvgIpc) is 2.84. The molecule has 1 amide bonds. The fraction of sp³-hybridized carbons (Fsp3) is 0.182. The van der Waals surface area contributed by atoms with Gasteiger partial charge < -0.3 is 5.32 Å². The Bertz CT molecular complexity index is 542. The molecule has 0 unspecified atom stereocenters. The summed E-state index contributed by atoms with van der Waals surface area (Å²) >= 11 is 11.6. The van der Waals surface area contributed by atoms with E-state index in [0.29, 0.717) is 28.7 Å². The predicted octanol–water partition coefficient (Wildman–Crippen LogP) is 2.61. The molecule has 0 aliphatic carbocycles. The summed E-state index contributed by atoms with van der Waals surface area (Å²) in [6.45, 7) is 0.479. The van der Waals surface area contributed by atoms with E-state index in [9.17, 15) is 4.79 Å². The number of rotatable bonds is 4. The highest BCUT2D eigenvalue weighted by Gasteiger charge is 2.05. The first-order chi connectivity index (χ1) is 8.65. The number of halogens is 2. The Balaban J connectivity index is 1.88. The van der Waals surface area contributed by atoms with E-state index in [4.69, 9.17) is 23.2 Å². The molecular weight excluding hydrogens is 275 g/mol. The smallest absolute Gasteiger partial charge is 0.226 e. The zero-order valence-corrected chi connectivity index (χ0v) is 10.8. The highest BCUT2D eigenvalue weighted by Crippen LogP contribution is 2.24. The molecule has 94 valence electrons. The minimum atomic E-state index is -0.121. The molecule has 2 rings (SSSR count). The number of amides is 1. The van der Waals surface area contributed by atoms with Crippen LogP contribution in [0.4, 0.5) is 5.69 Å². The SMILES string of the molecule is O=C(CCn1cncn1)Nc1ccc(Cl)c(Cl)c1. The van der Waals surface area contributed by atoms with Crippen LogP contribution in [0.1, 0.15) is 6.42 Å². The molecule has 0 bridgehead atoms. The molecule has 0 saturated heterocycles. The van der Waals surface area contributed by atoms with Crippen molar-refractivity contribution in [3.05, 3.63) is 40.9 Å². The summed E-state index contributed by atoms with van der Waals surface area (Å²) in [5.74, 6) is -0.121. The van der Waals surface area contributed by atoms with Gasteiger partial charge in [-0.25, -0.2) is 4.98 Å². The number of carbonyl (C=O) groups excluding carboxylic acids is 1. The highest BCUT2D eigenvalue weighted by molar-refractivity contribution is 6.42. The van der Waals surface area contributed by atoms with Gasteiger partial charge >= 0.3 is 0 Å². The first kappa shape index (κ1) is 12.9. The lowest BCUT2D eigenvalue weighted by atomic mass is 10.3. The lowest BCUT2D eigenvalue weighted by Crippen LogP contribution is -2.14. The van der Waals surface area contributed by atoms with Crippen molar-refractivity contribution >= 4 is 34.8 Å². The maximum Gasteiger partial charge on any atom is 0.226 e. The summed E-state index contributed by atoms with van der Waals surface area (Å²) in [5.41, 5.74) is 0.619. The van der Waals surface area contributed by atoms with E-state index < -0.39 is 0 Å². The highest BCUT2D eigenvalue weighted by atomic mass is 35.5. The van der Waals surface area contributed by atoms with Crippen LogP contribution in [-0.2, 0) is 11.3 Å². The normalized spacial score (nSPS) is 10.3. The van der Waals surface area contributed by atoms with Crippen molar-refractivity contribution in [1.29, 1.82) is 0 Å². The van der Waals surface area contributed by atoms with Gasteiger partial charge in [0.2, 0.25) is 5.91 Å². The summed E-state index contributed by atoms with van der Waals surface area (Å²) < 4.78 is 1.59. The predicted molar refractivity (Wildman–Crippen MR) is 69.7 cm³/mol. The molecule has 0 aliphatic rings. The van der Waals surface area contributed by atoms with E-state index in [-0.39, 0.29) is 5.91 Å². The quantitative estimate of drug-likeness (QED) is 0.939. The van der Waals surface area contributed by atoms with Crippen molar-refractivity contribution < 1.29 is 4.79 Å². The van der Waals surface area contributed by atoms with Gasteiger partial charge in [0.25, 0.3) is 0 Å². The van der Waals surface area contributed by atoms with Gasteiger partial charge in [-0.15, -0.1) is 0 Å². The summed E-state index contributed by atoms with van der Waals surface area (Å²) in [5, 5.41) is 7.50. The fourth-order valence-corrected chi connectivity index (χ4v) is 1.66. The van der Waals surface area contributed by atoms with Crippen LogP contribution < -0.4 is 5.32 Å². The molecule has 1 heterocycles. The summed E-state index contributed by atoms with van der Waals surface area (Å²) in [4.78, 5) is 15.4. The largest absolute Gasteiger partial charge is 0.326 e. The molecule has 2 aromatic rings. The van der Waals surface area contributed by atoms with Crippen LogP contribution in [0, 0.1) is 0 Å². The Labute approximate surface area is 114 Å². The molecule has 18 heavy (non-hydrogen) atoms. The monoisotopic (exact) mass is 284 g/mol. The van der Waals surface area contributed by atoms with Gasteiger partial charge in [0.1, 0.15) is 12.7 Å². The topological polar surface area (TPSA) is 59.8 Å². The first-order valence-corrected chi connectivity index (χ1v) is 5.98. The van der Waals surface area contributed by atoms with Gasteiger partial charge in [0, 0.05) is 12.1 Å². The zero-order chi connectivity index (χ0) is 13.0. The molecule has 5 nitrogen and oxygen atoms in total. The summed E-state index contributed by atoms with van der Waals surface area (Å²) in [6, 6.07) is 4.94. The Morgan fingerprint density at radius 1 is 1.33 bits per heavy atom. The number of benzene rings is 1. The Morgan fingerprint density at radius 2 is 2.17 bits per heavy atom. The maximum atomic E-state index is 11.7. The van der Waals surface area contributed by atoms with Crippen LogP contribution in [0.25, 0.3) is 0 Å². The van der Waals surface area contributed by atoms with Gasteiger partial charge in [-0.2, -0.15) is 5.10 Å². The number of nitrogens with one attached hydrogen (secondary N) is 1. The van der Waals surface area contributed by atoms with Crippen LogP contribution >= 0.6 is 23.2 Å². The molecule has 1 aromatic heterocycles. The first-order valence-electron chi connectivity index (χ1n) is 5.22. The van der Waals surface area contributed by atoms with Gasteiger partial charge in [-0.3, -0.25) is 9.48 Å². The van der Waals surface area contributed by atoms with E-state index in [0.717, 1.165) is 0 Å². The van der Waals surface area contributed by atoms with Crippen LogP contribution in [0.5, 0.6) is 0 Å². The summed E-state index contributed by atoms with van der Waals surface area (Å²) in [6.07, 6.45) is 3.30. The molecule has 0 atom stereocenters. The third kappa shape index (κ3) is 3.45. The van der Waals surface area contributed by atoms with Gasteiger partial charge in [-0.1, -0.05) is 23.2 Å². The number of anilines is 1. The van der Waals surface area contributed by atoms with Crippen LogP contribution in [0.3, 0.4) is 0 Å². The molecule has 0 saturated carbocycles. The second-order valence-electron chi connectivity index (χ2n) is 3.59. The van der Waals surface area contributed by atoms with E-state index in [1.807, 2.05) is 0 Å². The second-order valence-corrected chi connectivity index (χ2v) is 4.40. The standard InChI is InChI=1S/C11H10Cl2N4O/c12-9-2-1-8(5-10(9)13)16-11(18)3-4-17-7-14-6-15-17/h1-2,5-7H,3-4H2,(H,16,18). The Morgan fingerprint density at radius 3 is 2.83 bits per heavy atom. The van der Waals surface area contributed by atoms with Crippen molar-refractivity contribution in [2.45, 2.75) is 13.0 Å². The lowest BCUT2D eigenvalue weighted by Gasteiger charge is -2.06. The minimum Gasteiger partial charge on any atom is -0.326 e. The molecule has 0 spiro atoms. The van der Waals surface area contributed by atoms with E-state index >= 15 is 0 Å². The third-order valence-electron chi connectivity index (χ3n) is 2.24. The summed E-state index contributed by atoms with van der Waals surface area (Å²) in [7, 11) is 0. The number of nitrogens with zero attached hydrogens (tertiary/aromatic N) is 3. The molecule has 0 aliphatic heterocycles. The van der Waals surface area contributed by atoms with E-state index in [2.05, 4.69) is 15.4 Å². The molecular formula is C11H10Cl2N4O. The van der Waals surface area contributed by atoms with Crippen molar-refractivity contribution in [2.75, 3.05) is 5.32 Å². The van der Waals surface area contributed by atoms with Crippen LogP contribution in [0.15, 0.2) is 30.9 Å². The molecule has 0 radical (unpaired) electrons. The fourth-order valence-electron chi connectivity index (χ4n) is 1.36. The Hall–Kier alpha value is -1.59. The van der Waals surface area contributed by atoms with Gasteiger partial charge in [-0.05, 0) is 18.2 Å². The van der Waals surface area contributed by atoms with Crippen LogP contribution in [-0.4, -0.2) is 20.7 Å². The van der Waals surface area contributed by atoms with Crippen molar-refractivity contribution in [1.82, 2.24) is 14.8 Å². The van der Waals surface area contributed by atoms with E-state index in [1.54, 1.807) is 29.2 Å². The second kappa shape index (κ2) is 5.84. The Kier molecular flexibility index (Phi) is 4.17. The third-order valence-corrected chi connectivity index (χ3v) is 2.98. The lowest BCUT2D eigenvalue weighted by molar-refractivity contribution is -0.116. The molecule has 0 fully saturated rings. The van der Waals surface area contributed by atoms with Crippen molar-refractivity contribution in [2.24, 2.45) is 0 Å². The number of hydrogen-bond donors (Lipinski definition) is 1.